The summed E-state index contributed by atoms with van der Waals surface area (Å²) in [7, 11) is -3.55. The van der Waals surface area contributed by atoms with E-state index >= 15 is 0 Å². The lowest BCUT2D eigenvalue weighted by molar-refractivity contribution is 0.560. The average Bonchev–Trinajstić information content (AvgIpc) is 3.34. The van der Waals surface area contributed by atoms with Crippen molar-refractivity contribution in [3.8, 4) is 11.4 Å². The molecule has 1 aromatic carbocycles. The van der Waals surface area contributed by atoms with Gasteiger partial charge in [0.25, 0.3) is 0 Å². The van der Waals surface area contributed by atoms with Gasteiger partial charge in [-0.1, -0.05) is 18.2 Å². The molecule has 0 spiro atoms. The van der Waals surface area contributed by atoms with E-state index in [-0.39, 0.29) is 6.04 Å². The second-order valence-electron chi connectivity index (χ2n) is 6.64. The normalized spacial score (nSPS) is 17.4. The lowest BCUT2D eigenvalue weighted by Gasteiger charge is -2.18. The van der Waals surface area contributed by atoms with Crippen LogP contribution >= 0.6 is 0 Å². The fourth-order valence-corrected chi connectivity index (χ4v) is 4.83. The molecule has 3 aromatic rings. The first-order valence-electron chi connectivity index (χ1n) is 8.83. The van der Waals surface area contributed by atoms with Crippen LogP contribution in [0.4, 0.5) is 5.95 Å². The van der Waals surface area contributed by atoms with Gasteiger partial charge < -0.3 is 9.88 Å². The summed E-state index contributed by atoms with van der Waals surface area (Å²) >= 11 is 0. The number of nitrogens with zero attached hydrogens (tertiary/aromatic N) is 3. The molecule has 4 rings (SSSR count). The van der Waals surface area contributed by atoms with Crippen LogP contribution in [0.3, 0.4) is 0 Å². The van der Waals surface area contributed by atoms with Crippen LogP contribution in [0.1, 0.15) is 12.0 Å². The Morgan fingerprint density at radius 3 is 2.81 bits per heavy atom. The Morgan fingerprint density at radius 2 is 2.04 bits per heavy atom. The number of aryl methyl sites for hydroxylation is 1. The molecule has 1 aliphatic heterocycles. The number of hydrogen-bond donors (Lipinski definition) is 2. The molecule has 1 atom stereocenters. The van der Waals surface area contributed by atoms with Gasteiger partial charge in [0.1, 0.15) is 0 Å². The molecule has 2 N–H and O–H groups in total. The largest absolute Gasteiger partial charge is 0.360 e. The van der Waals surface area contributed by atoms with Crippen LogP contribution in [-0.4, -0.2) is 42.5 Å². The molecular formula is C19H21N5O2S. The van der Waals surface area contributed by atoms with Crippen molar-refractivity contribution in [1.29, 1.82) is 0 Å². The van der Waals surface area contributed by atoms with Crippen molar-refractivity contribution in [3.63, 3.8) is 0 Å². The molecule has 1 aliphatic rings. The van der Waals surface area contributed by atoms with Crippen LogP contribution < -0.4 is 9.62 Å². The topological polar surface area (TPSA) is 91.0 Å². The molecule has 1 unspecified atom stereocenters. The van der Waals surface area contributed by atoms with Crippen molar-refractivity contribution in [2.45, 2.75) is 24.3 Å². The highest BCUT2D eigenvalue weighted by atomic mass is 32.2. The minimum Gasteiger partial charge on any atom is -0.360 e. The summed E-state index contributed by atoms with van der Waals surface area (Å²) < 4.78 is 28.2. The Balaban J connectivity index is 1.48. The summed E-state index contributed by atoms with van der Waals surface area (Å²) in [6.07, 6.45) is 4.29. The third-order valence-corrected chi connectivity index (χ3v) is 6.37. The molecule has 0 bridgehead atoms. The van der Waals surface area contributed by atoms with Crippen molar-refractivity contribution in [2.75, 3.05) is 18.0 Å². The minimum absolute atomic E-state index is 0.174. The zero-order valence-corrected chi connectivity index (χ0v) is 15.8. The second-order valence-corrected chi connectivity index (χ2v) is 8.33. The van der Waals surface area contributed by atoms with Gasteiger partial charge in [-0.2, -0.15) is 0 Å². The fourth-order valence-electron chi connectivity index (χ4n) is 3.32. The molecule has 0 amide bonds. The Bertz CT molecular complexity index is 1030. The molecule has 27 heavy (non-hydrogen) atoms. The maximum atomic E-state index is 12.7. The van der Waals surface area contributed by atoms with Crippen LogP contribution in [0.2, 0.25) is 0 Å². The Kier molecular flexibility index (Phi) is 4.67. The van der Waals surface area contributed by atoms with Gasteiger partial charge in [-0.05, 0) is 43.2 Å². The number of nitrogens with one attached hydrogen (secondary N) is 2. The number of anilines is 1. The molecule has 140 valence electrons. The van der Waals surface area contributed by atoms with E-state index < -0.39 is 10.0 Å². The summed E-state index contributed by atoms with van der Waals surface area (Å²) in [6.45, 7) is 3.05. The van der Waals surface area contributed by atoms with Gasteiger partial charge in [-0.15, -0.1) is 0 Å². The van der Waals surface area contributed by atoms with Crippen LogP contribution in [0, 0.1) is 6.92 Å². The van der Waals surface area contributed by atoms with E-state index in [1.807, 2.05) is 35.4 Å². The molecule has 8 heteroatoms. The molecule has 0 saturated carbocycles. The number of aromatic nitrogens is 3. The Labute approximate surface area is 158 Å². The zero-order chi connectivity index (χ0) is 18.9. The maximum Gasteiger partial charge on any atom is 0.241 e. The van der Waals surface area contributed by atoms with Crippen LogP contribution in [0.25, 0.3) is 11.4 Å². The van der Waals surface area contributed by atoms with Gasteiger partial charge >= 0.3 is 0 Å². The summed E-state index contributed by atoms with van der Waals surface area (Å²) in [5.74, 6) is 0.611. The first-order chi connectivity index (χ1) is 13.0. The second kappa shape index (κ2) is 7.13. The van der Waals surface area contributed by atoms with E-state index in [4.69, 9.17) is 0 Å². The number of H-pyrrole nitrogens is 1. The van der Waals surface area contributed by atoms with E-state index in [1.54, 1.807) is 31.3 Å². The predicted molar refractivity (Wildman–Crippen MR) is 104 cm³/mol. The van der Waals surface area contributed by atoms with E-state index in [2.05, 4.69) is 19.7 Å². The predicted octanol–water partition coefficient (Wildman–Crippen LogP) is 2.34. The molecule has 1 saturated heterocycles. The van der Waals surface area contributed by atoms with Crippen molar-refractivity contribution in [2.24, 2.45) is 0 Å². The maximum absolute atomic E-state index is 12.7. The van der Waals surface area contributed by atoms with Crippen molar-refractivity contribution < 1.29 is 8.42 Å². The van der Waals surface area contributed by atoms with Gasteiger partial charge in [0.15, 0.2) is 0 Å². The smallest absolute Gasteiger partial charge is 0.241 e. The molecule has 2 aromatic heterocycles. The monoisotopic (exact) mass is 383 g/mol. The van der Waals surface area contributed by atoms with Crippen molar-refractivity contribution in [1.82, 2.24) is 19.7 Å². The Morgan fingerprint density at radius 1 is 1.19 bits per heavy atom. The number of aromatic amines is 1. The Hall–Kier alpha value is -2.71. The van der Waals surface area contributed by atoms with Gasteiger partial charge in [-0.25, -0.2) is 23.1 Å². The first kappa shape index (κ1) is 17.7. The van der Waals surface area contributed by atoms with Crippen LogP contribution in [0.15, 0.2) is 59.8 Å². The molecule has 3 heterocycles. The molecule has 7 nitrogen and oxygen atoms in total. The van der Waals surface area contributed by atoms with Crippen molar-refractivity contribution in [3.05, 3.63) is 60.4 Å². The number of rotatable bonds is 5. The van der Waals surface area contributed by atoms with E-state index in [9.17, 15) is 8.42 Å². The van der Waals surface area contributed by atoms with E-state index in [0.717, 1.165) is 17.0 Å². The standard InChI is InChI=1S/C19H21N5O2S/c1-14-5-2-3-7-18(14)27(25,26)23-15-9-12-24(13-15)19-21-11-8-17(22-19)16-6-4-10-20-16/h2-8,10-11,15,20,23H,9,12-13H2,1H3. The average molecular weight is 383 g/mol. The molecule has 0 aliphatic carbocycles. The minimum atomic E-state index is -3.55. The summed E-state index contributed by atoms with van der Waals surface area (Å²) in [5, 5.41) is 0. The first-order valence-corrected chi connectivity index (χ1v) is 10.3. The van der Waals surface area contributed by atoms with Gasteiger partial charge in [-0.3, -0.25) is 0 Å². The zero-order valence-electron chi connectivity index (χ0n) is 15.0. The number of benzene rings is 1. The van der Waals surface area contributed by atoms with Gasteiger partial charge in [0, 0.05) is 31.5 Å². The summed E-state index contributed by atoms with van der Waals surface area (Å²) in [4.78, 5) is 14.4. The summed E-state index contributed by atoms with van der Waals surface area (Å²) in [6, 6.07) is 12.6. The molecular weight excluding hydrogens is 362 g/mol. The lowest BCUT2D eigenvalue weighted by Crippen LogP contribution is -2.37. The lowest BCUT2D eigenvalue weighted by atomic mass is 10.2. The van der Waals surface area contributed by atoms with E-state index in [0.29, 0.717) is 30.4 Å². The third-order valence-electron chi connectivity index (χ3n) is 4.69. The number of sulfonamides is 1. The van der Waals surface area contributed by atoms with E-state index in [1.165, 1.54) is 0 Å². The van der Waals surface area contributed by atoms with Gasteiger partial charge in [0.05, 0.1) is 16.3 Å². The van der Waals surface area contributed by atoms with Crippen LogP contribution in [-0.2, 0) is 10.0 Å². The molecule has 0 radical (unpaired) electrons. The fraction of sp³-hybridized carbons (Fsp3) is 0.263. The quantitative estimate of drug-likeness (QED) is 0.706. The van der Waals surface area contributed by atoms with Crippen LogP contribution in [0.5, 0.6) is 0 Å². The highest BCUT2D eigenvalue weighted by Crippen LogP contribution is 2.22. The molecule has 1 fully saturated rings. The SMILES string of the molecule is Cc1ccccc1S(=O)(=O)NC1CCN(c2nccc(-c3ccc[nH]3)n2)C1. The third kappa shape index (κ3) is 3.72. The summed E-state index contributed by atoms with van der Waals surface area (Å²) in [5.41, 5.74) is 2.48. The highest BCUT2D eigenvalue weighted by Gasteiger charge is 2.29. The highest BCUT2D eigenvalue weighted by molar-refractivity contribution is 7.89. The van der Waals surface area contributed by atoms with Gasteiger partial charge in [0.2, 0.25) is 16.0 Å². The van der Waals surface area contributed by atoms with Crippen molar-refractivity contribution >= 4 is 16.0 Å². The number of hydrogen-bond acceptors (Lipinski definition) is 5.